The van der Waals surface area contributed by atoms with Crippen molar-refractivity contribution >= 4 is 17.5 Å². The first-order valence-electron chi connectivity index (χ1n) is 10.7. The molecule has 1 aliphatic rings. The van der Waals surface area contributed by atoms with Crippen LogP contribution in [0.15, 0.2) is 48.5 Å². The quantitative estimate of drug-likeness (QED) is 0.586. The Bertz CT molecular complexity index is 858. The SMILES string of the molecule is Cc1ccc(NC(=O)C[NH+](C)CC(=O)N2CC[NH+](Cc3ccccc3C)CC2)cc1. The molecule has 0 saturated carbocycles. The second-order valence-electron chi connectivity index (χ2n) is 8.46. The lowest BCUT2D eigenvalue weighted by Crippen LogP contribution is -3.14. The number of anilines is 1. The molecule has 1 atom stereocenters. The van der Waals surface area contributed by atoms with Gasteiger partial charge >= 0.3 is 0 Å². The second kappa shape index (κ2) is 10.4. The molecule has 1 aliphatic heterocycles. The topological polar surface area (TPSA) is 58.3 Å². The number of hydrogen-bond acceptors (Lipinski definition) is 2. The van der Waals surface area contributed by atoms with Crippen molar-refractivity contribution in [1.82, 2.24) is 4.90 Å². The molecule has 1 fully saturated rings. The molecule has 0 radical (unpaired) electrons. The highest BCUT2D eigenvalue weighted by Gasteiger charge is 2.26. The number of rotatable bonds is 7. The Morgan fingerprint density at radius 3 is 2.33 bits per heavy atom. The monoisotopic (exact) mass is 410 g/mol. The number of nitrogens with zero attached hydrogens (tertiary/aromatic N) is 1. The van der Waals surface area contributed by atoms with Crippen molar-refractivity contribution in [2.24, 2.45) is 0 Å². The number of carbonyl (C=O) groups excluding carboxylic acids is 2. The van der Waals surface area contributed by atoms with Gasteiger partial charge in [-0.15, -0.1) is 0 Å². The molecule has 1 unspecified atom stereocenters. The van der Waals surface area contributed by atoms with Crippen LogP contribution in [0.2, 0.25) is 0 Å². The molecule has 6 nitrogen and oxygen atoms in total. The zero-order valence-electron chi connectivity index (χ0n) is 18.3. The summed E-state index contributed by atoms with van der Waals surface area (Å²) in [5, 5.41) is 2.90. The van der Waals surface area contributed by atoms with Gasteiger partial charge in [0.2, 0.25) is 0 Å². The summed E-state index contributed by atoms with van der Waals surface area (Å²) in [6, 6.07) is 16.2. The highest BCUT2D eigenvalue weighted by molar-refractivity contribution is 5.91. The fourth-order valence-electron chi connectivity index (χ4n) is 3.88. The molecular formula is C24H34N4O2+2. The Morgan fingerprint density at radius 1 is 1.00 bits per heavy atom. The average molecular weight is 411 g/mol. The molecule has 3 rings (SSSR count). The Balaban J connectivity index is 1.40. The lowest BCUT2D eigenvalue weighted by atomic mass is 10.1. The Labute approximate surface area is 179 Å². The minimum Gasteiger partial charge on any atom is -0.328 e. The zero-order chi connectivity index (χ0) is 21.5. The molecule has 2 amide bonds. The molecule has 3 N–H and O–H groups in total. The van der Waals surface area contributed by atoms with Gasteiger partial charge < -0.3 is 20.0 Å². The highest BCUT2D eigenvalue weighted by atomic mass is 16.2. The molecule has 6 heteroatoms. The number of benzene rings is 2. The summed E-state index contributed by atoms with van der Waals surface area (Å²) in [6.45, 7) is 9.29. The van der Waals surface area contributed by atoms with E-state index in [1.165, 1.54) is 16.0 Å². The van der Waals surface area contributed by atoms with Crippen LogP contribution < -0.4 is 15.1 Å². The molecule has 0 spiro atoms. The highest BCUT2D eigenvalue weighted by Crippen LogP contribution is 2.08. The third kappa shape index (κ3) is 6.40. The summed E-state index contributed by atoms with van der Waals surface area (Å²) < 4.78 is 0. The van der Waals surface area contributed by atoms with Crippen LogP contribution in [-0.4, -0.2) is 63.0 Å². The predicted molar refractivity (Wildman–Crippen MR) is 119 cm³/mol. The van der Waals surface area contributed by atoms with Crippen LogP contribution in [0.25, 0.3) is 0 Å². The Kier molecular flexibility index (Phi) is 7.60. The lowest BCUT2D eigenvalue weighted by molar-refractivity contribution is -0.917. The third-order valence-corrected chi connectivity index (χ3v) is 5.78. The van der Waals surface area contributed by atoms with Gasteiger partial charge in [-0.1, -0.05) is 42.0 Å². The molecule has 2 aromatic carbocycles. The van der Waals surface area contributed by atoms with E-state index in [2.05, 4.69) is 36.5 Å². The number of quaternary nitrogens is 2. The number of piperazine rings is 1. The summed E-state index contributed by atoms with van der Waals surface area (Å²) in [5.74, 6) is 0.0576. The predicted octanol–water partition coefficient (Wildman–Crippen LogP) is -0.316. The van der Waals surface area contributed by atoms with Crippen LogP contribution >= 0.6 is 0 Å². The number of nitrogens with one attached hydrogen (secondary N) is 3. The maximum atomic E-state index is 12.7. The summed E-state index contributed by atoms with van der Waals surface area (Å²) in [4.78, 5) is 29.3. The van der Waals surface area contributed by atoms with Gasteiger partial charge in [-0.2, -0.15) is 0 Å². The first-order chi connectivity index (χ1) is 14.4. The molecular weight excluding hydrogens is 376 g/mol. The first kappa shape index (κ1) is 22.0. The van der Waals surface area contributed by atoms with Crippen molar-refractivity contribution in [3.8, 4) is 0 Å². The van der Waals surface area contributed by atoms with Gasteiger partial charge in [0.15, 0.2) is 13.1 Å². The molecule has 1 saturated heterocycles. The van der Waals surface area contributed by atoms with Gasteiger partial charge in [-0.3, -0.25) is 9.59 Å². The summed E-state index contributed by atoms with van der Waals surface area (Å²) in [5.41, 5.74) is 4.66. The number of hydrogen-bond donors (Lipinski definition) is 3. The van der Waals surface area contributed by atoms with Gasteiger partial charge in [0.25, 0.3) is 11.8 Å². The summed E-state index contributed by atoms with van der Waals surface area (Å²) in [6.07, 6.45) is 0. The third-order valence-electron chi connectivity index (χ3n) is 5.78. The minimum absolute atomic E-state index is 0.0725. The lowest BCUT2D eigenvalue weighted by Gasteiger charge is -2.32. The first-order valence-corrected chi connectivity index (χ1v) is 10.7. The van der Waals surface area contributed by atoms with E-state index in [1.54, 1.807) is 0 Å². The Morgan fingerprint density at radius 2 is 1.67 bits per heavy atom. The largest absolute Gasteiger partial charge is 0.328 e. The van der Waals surface area contributed by atoms with Crippen LogP contribution in [0.3, 0.4) is 0 Å². The van der Waals surface area contributed by atoms with Crippen molar-refractivity contribution in [1.29, 1.82) is 0 Å². The van der Waals surface area contributed by atoms with Gasteiger partial charge in [-0.05, 0) is 31.5 Å². The van der Waals surface area contributed by atoms with E-state index in [4.69, 9.17) is 0 Å². The van der Waals surface area contributed by atoms with Gasteiger partial charge in [0.05, 0.1) is 33.2 Å². The average Bonchev–Trinajstić information content (AvgIpc) is 2.72. The zero-order valence-corrected chi connectivity index (χ0v) is 18.3. The van der Waals surface area contributed by atoms with E-state index < -0.39 is 0 Å². The number of amides is 2. The molecule has 2 aromatic rings. The van der Waals surface area contributed by atoms with Crippen LogP contribution in [0.5, 0.6) is 0 Å². The van der Waals surface area contributed by atoms with Crippen LogP contribution in [0.4, 0.5) is 5.69 Å². The van der Waals surface area contributed by atoms with E-state index in [1.807, 2.05) is 43.1 Å². The maximum Gasteiger partial charge on any atom is 0.279 e. The second-order valence-corrected chi connectivity index (χ2v) is 8.46. The molecule has 30 heavy (non-hydrogen) atoms. The molecule has 160 valence electrons. The van der Waals surface area contributed by atoms with Crippen LogP contribution in [-0.2, 0) is 16.1 Å². The smallest absolute Gasteiger partial charge is 0.279 e. The number of likely N-dealkylation sites (N-methyl/N-ethyl adjacent to an activating group) is 1. The van der Waals surface area contributed by atoms with Crippen molar-refractivity contribution in [2.75, 3.05) is 51.6 Å². The standard InChI is InChI=1S/C24H32N4O2/c1-19-8-10-22(11-9-19)25-23(29)17-26(3)18-24(30)28-14-12-27(13-15-28)16-21-7-5-4-6-20(21)2/h4-11H,12-18H2,1-3H3,(H,25,29)/p+2. The van der Waals surface area contributed by atoms with E-state index in [0.29, 0.717) is 6.54 Å². The van der Waals surface area contributed by atoms with Crippen LogP contribution in [0, 0.1) is 13.8 Å². The van der Waals surface area contributed by atoms with E-state index in [-0.39, 0.29) is 18.4 Å². The molecule has 0 bridgehead atoms. The number of aryl methyl sites for hydroxylation is 2. The van der Waals surface area contributed by atoms with Crippen molar-refractivity contribution in [2.45, 2.75) is 20.4 Å². The van der Waals surface area contributed by atoms with Gasteiger partial charge in [-0.25, -0.2) is 0 Å². The molecule has 1 heterocycles. The fourth-order valence-corrected chi connectivity index (χ4v) is 3.88. The minimum atomic E-state index is -0.0725. The fraction of sp³-hybridized carbons (Fsp3) is 0.417. The van der Waals surface area contributed by atoms with Crippen molar-refractivity contribution in [3.05, 3.63) is 65.2 Å². The summed E-state index contributed by atoms with van der Waals surface area (Å²) in [7, 11) is 1.90. The van der Waals surface area contributed by atoms with E-state index in [0.717, 1.165) is 48.9 Å². The number of carbonyl (C=O) groups is 2. The Hall–Kier alpha value is -2.70. The molecule has 0 aliphatic carbocycles. The maximum absolute atomic E-state index is 12.7. The summed E-state index contributed by atoms with van der Waals surface area (Å²) >= 11 is 0. The van der Waals surface area contributed by atoms with Gasteiger partial charge in [0, 0.05) is 11.3 Å². The van der Waals surface area contributed by atoms with E-state index >= 15 is 0 Å². The van der Waals surface area contributed by atoms with E-state index in [9.17, 15) is 9.59 Å². The molecule has 0 aromatic heterocycles. The van der Waals surface area contributed by atoms with Crippen LogP contribution in [0.1, 0.15) is 16.7 Å². The van der Waals surface area contributed by atoms with Gasteiger partial charge in [0.1, 0.15) is 6.54 Å². The van der Waals surface area contributed by atoms with Crippen molar-refractivity contribution in [3.63, 3.8) is 0 Å². The van der Waals surface area contributed by atoms with Crippen molar-refractivity contribution < 1.29 is 19.4 Å². The normalized spacial score (nSPS) is 15.6.